The number of rotatable bonds is 5. The molecule has 3 rings (SSSR count). The number of hydrogen-bond donors (Lipinski definition) is 1. The summed E-state index contributed by atoms with van der Waals surface area (Å²) in [6.45, 7) is 7.42. The van der Waals surface area contributed by atoms with E-state index in [1.807, 2.05) is 6.07 Å². The molecule has 112 valence electrons. The van der Waals surface area contributed by atoms with E-state index in [4.69, 9.17) is 4.74 Å². The molecule has 0 bridgehead atoms. The third-order valence-electron chi connectivity index (χ3n) is 4.92. The summed E-state index contributed by atoms with van der Waals surface area (Å²) >= 11 is 0. The Morgan fingerprint density at radius 1 is 1.24 bits per heavy atom. The summed E-state index contributed by atoms with van der Waals surface area (Å²) in [6, 6.07) is 6.63. The first kappa shape index (κ1) is 14.3. The van der Waals surface area contributed by atoms with Crippen molar-refractivity contribution in [3.8, 4) is 0 Å². The lowest BCUT2D eigenvalue weighted by atomic mass is 9.61. The SMILES string of the molecule is CCOC1CC(Nc2ccc3nccnc3c2)C1(C)CC. The standard InChI is InChI=1S/C17H23N3O/c1-4-17(3)15(11-16(17)21-5-2)20-12-6-7-13-14(10-12)19-9-8-18-13/h6-10,15-16,20H,4-5,11H2,1-3H3. The molecule has 3 atom stereocenters. The molecule has 0 spiro atoms. The van der Waals surface area contributed by atoms with Crippen LogP contribution in [0.2, 0.25) is 0 Å². The van der Waals surface area contributed by atoms with E-state index in [0.717, 1.165) is 36.2 Å². The molecular weight excluding hydrogens is 262 g/mol. The maximum atomic E-state index is 5.86. The molecule has 1 N–H and O–H groups in total. The molecule has 0 aliphatic heterocycles. The number of benzene rings is 1. The molecule has 0 radical (unpaired) electrons. The Balaban J connectivity index is 1.76. The van der Waals surface area contributed by atoms with Crippen molar-refractivity contribution in [3.63, 3.8) is 0 Å². The van der Waals surface area contributed by atoms with Gasteiger partial charge in [0.25, 0.3) is 0 Å². The van der Waals surface area contributed by atoms with Crippen LogP contribution >= 0.6 is 0 Å². The van der Waals surface area contributed by atoms with Crippen LogP contribution in [0.15, 0.2) is 30.6 Å². The van der Waals surface area contributed by atoms with Crippen molar-refractivity contribution in [1.82, 2.24) is 9.97 Å². The Hall–Kier alpha value is -1.68. The van der Waals surface area contributed by atoms with Crippen LogP contribution in [0.25, 0.3) is 11.0 Å². The number of aromatic nitrogens is 2. The first-order valence-electron chi connectivity index (χ1n) is 7.76. The molecule has 1 aromatic heterocycles. The zero-order chi connectivity index (χ0) is 14.9. The van der Waals surface area contributed by atoms with Crippen molar-refractivity contribution < 1.29 is 4.74 Å². The maximum Gasteiger partial charge on any atom is 0.0907 e. The normalized spacial score (nSPS) is 28.3. The monoisotopic (exact) mass is 285 g/mol. The van der Waals surface area contributed by atoms with Gasteiger partial charge in [0, 0.05) is 36.1 Å². The van der Waals surface area contributed by atoms with Gasteiger partial charge in [0.05, 0.1) is 17.1 Å². The van der Waals surface area contributed by atoms with Gasteiger partial charge < -0.3 is 10.1 Å². The molecule has 4 nitrogen and oxygen atoms in total. The van der Waals surface area contributed by atoms with E-state index >= 15 is 0 Å². The number of nitrogens with zero attached hydrogens (tertiary/aromatic N) is 2. The second-order valence-electron chi connectivity index (χ2n) is 6.00. The van der Waals surface area contributed by atoms with E-state index < -0.39 is 0 Å². The van der Waals surface area contributed by atoms with Crippen molar-refractivity contribution in [2.45, 2.75) is 45.8 Å². The van der Waals surface area contributed by atoms with Gasteiger partial charge in [-0.3, -0.25) is 9.97 Å². The van der Waals surface area contributed by atoms with Crippen molar-refractivity contribution in [1.29, 1.82) is 0 Å². The lowest BCUT2D eigenvalue weighted by molar-refractivity contribution is -0.109. The average molecular weight is 285 g/mol. The Bertz CT molecular complexity index is 630. The summed E-state index contributed by atoms with van der Waals surface area (Å²) in [7, 11) is 0. The van der Waals surface area contributed by atoms with Gasteiger partial charge in [-0.15, -0.1) is 0 Å². The highest BCUT2D eigenvalue weighted by Gasteiger charge is 2.51. The zero-order valence-electron chi connectivity index (χ0n) is 13.0. The fourth-order valence-corrected chi connectivity index (χ4v) is 3.23. The van der Waals surface area contributed by atoms with Crippen LogP contribution in [0.3, 0.4) is 0 Å². The molecule has 1 saturated carbocycles. The van der Waals surface area contributed by atoms with Crippen molar-refractivity contribution in [3.05, 3.63) is 30.6 Å². The minimum atomic E-state index is 0.202. The maximum absolute atomic E-state index is 5.86. The molecule has 1 aliphatic rings. The van der Waals surface area contributed by atoms with Gasteiger partial charge in [0.15, 0.2) is 0 Å². The highest BCUT2D eigenvalue weighted by Crippen LogP contribution is 2.47. The highest BCUT2D eigenvalue weighted by molar-refractivity contribution is 5.78. The Morgan fingerprint density at radius 3 is 2.71 bits per heavy atom. The largest absolute Gasteiger partial charge is 0.381 e. The summed E-state index contributed by atoms with van der Waals surface area (Å²) in [4.78, 5) is 8.67. The van der Waals surface area contributed by atoms with Crippen LogP contribution in [-0.2, 0) is 4.74 Å². The van der Waals surface area contributed by atoms with Gasteiger partial charge in [0.1, 0.15) is 0 Å². The molecule has 4 heteroatoms. The molecule has 1 aromatic carbocycles. The van der Waals surface area contributed by atoms with E-state index in [9.17, 15) is 0 Å². The second-order valence-corrected chi connectivity index (χ2v) is 6.00. The lowest BCUT2D eigenvalue weighted by Crippen LogP contribution is -2.59. The van der Waals surface area contributed by atoms with E-state index in [1.165, 1.54) is 0 Å². The van der Waals surface area contributed by atoms with E-state index in [-0.39, 0.29) is 5.41 Å². The average Bonchev–Trinajstić information content (AvgIpc) is 2.53. The predicted octanol–water partition coefficient (Wildman–Crippen LogP) is 3.64. The molecule has 2 aromatic rings. The zero-order valence-corrected chi connectivity index (χ0v) is 13.0. The van der Waals surface area contributed by atoms with Crippen LogP contribution in [-0.4, -0.2) is 28.7 Å². The van der Waals surface area contributed by atoms with Crippen LogP contribution < -0.4 is 5.32 Å². The molecule has 21 heavy (non-hydrogen) atoms. The Labute approximate surface area is 125 Å². The molecule has 1 heterocycles. The topological polar surface area (TPSA) is 47.0 Å². The summed E-state index contributed by atoms with van der Waals surface area (Å²) < 4.78 is 5.86. The minimum Gasteiger partial charge on any atom is -0.381 e. The second kappa shape index (κ2) is 5.60. The van der Waals surface area contributed by atoms with Gasteiger partial charge in [-0.1, -0.05) is 13.8 Å². The van der Waals surface area contributed by atoms with Crippen LogP contribution in [0, 0.1) is 5.41 Å². The molecule has 1 aliphatic carbocycles. The van der Waals surface area contributed by atoms with Crippen LogP contribution in [0.1, 0.15) is 33.6 Å². The molecule has 0 saturated heterocycles. The fourth-order valence-electron chi connectivity index (χ4n) is 3.23. The quantitative estimate of drug-likeness (QED) is 0.911. The third kappa shape index (κ3) is 2.48. The first-order valence-corrected chi connectivity index (χ1v) is 7.76. The van der Waals surface area contributed by atoms with Crippen molar-refractivity contribution in [2.24, 2.45) is 5.41 Å². The lowest BCUT2D eigenvalue weighted by Gasteiger charge is -2.54. The van der Waals surface area contributed by atoms with Gasteiger partial charge >= 0.3 is 0 Å². The molecular formula is C17H23N3O. The molecule has 3 unspecified atom stereocenters. The Kier molecular flexibility index (Phi) is 3.81. The summed E-state index contributed by atoms with van der Waals surface area (Å²) in [6.07, 6.45) is 6.00. The Morgan fingerprint density at radius 2 is 2.00 bits per heavy atom. The summed E-state index contributed by atoms with van der Waals surface area (Å²) in [5, 5.41) is 3.65. The summed E-state index contributed by atoms with van der Waals surface area (Å²) in [5.41, 5.74) is 3.18. The number of anilines is 1. The van der Waals surface area contributed by atoms with Gasteiger partial charge in [-0.25, -0.2) is 0 Å². The van der Waals surface area contributed by atoms with Crippen molar-refractivity contribution >= 4 is 16.7 Å². The van der Waals surface area contributed by atoms with Gasteiger partial charge in [0.2, 0.25) is 0 Å². The highest BCUT2D eigenvalue weighted by atomic mass is 16.5. The summed E-state index contributed by atoms with van der Waals surface area (Å²) in [5.74, 6) is 0. The van der Waals surface area contributed by atoms with E-state index in [2.05, 4.69) is 48.2 Å². The van der Waals surface area contributed by atoms with Crippen LogP contribution in [0.5, 0.6) is 0 Å². The van der Waals surface area contributed by atoms with Crippen LogP contribution in [0.4, 0.5) is 5.69 Å². The predicted molar refractivity (Wildman–Crippen MR) is 85.4 cm³/mol. The van der Waals surface area contributed by atoms with E-state index in [0.29, 0.717) is 12.1 Å². The number of nitrogens with one attached hydrogen (secondary N) is 1. The number of ether oxygens (including phenoxy) is 1. The minimum absolute atomic E-state index is 0.202. The first-order chi connectivity index (χ1) is 10.2. The molecule has 1 fully saturated rings. The smallest absolute Gasteiger partial charge is 0.0907 e. The third-order valence-corrected chi connectivity index (χ3v) is 4.92. The molecule has 0 amide bonds. The van der Waals surface area contributed by atoms with Crippen molar-refractivity contribution in [2.75, 3.05) is 11.9 Å². The van der Waals surface area contributed by atoms with E-state index in [1.54, 1.807) is 12.4 Å². The fraction of sp³-hybridized carbons (Fsp3) is 0.529. The van der Waals surface area contributed by atoms with Gasteiger partial charge in [-0.05, 0) is 38.0 Å². The van der Waals surface area contributed by atoms with Gasteiger partial charge in [-0.2, -0.15) is 0 Å². The number of hydrogen-bond acceptors (Lipinski definition) is 4. The number of fused-ring (bicyclic) bond motifs is 1.